The number of hydrogen-bond donors (Lipinski definition) is 0. The average Bonchev–Trinajstić information content (AvgIpc) is 3.14. The van der Waals surface area contributed by atoms with E-state index in [4.69, 9.17) is 0 Å². The lowest BCUT2D eigenvalue weighted by molar-refractivity contribution is 0.511. The van der Waals surface area contributed by atoms with Crippen LogP contribution in [0.1, 0.15) is 25.0 Å². The van der Waals surface area contributed by atoms with E-state index >= 15 is 0 Å². The van der Waals surface area contributed by atoms with Crippen molar-refractivity contribution in [3.05, 3.63) is 120 Å². The summed E-state index contributed by atoms with van der Waals surface area (Å²) in [7, 11) is 0. The minimum Gasteiger partial charge on any atom is -0.204 e. The van der Waals surface area contributed by atoms with E-state index in [1.54, 1.807) is 0 Å². The molecule has 7 aromatic carbocycles. The Morgan fingerprint density at radius 2 is 0.919 bits per heavy atom. The maximum Gasteiger partial charge on any atom is 0.159 e. The predicted molar refractivity (Wildman–Crippen MR) is 151 cm³/mol. The fourth-order valence-electron chi connectivity index (χ4n) is 6.85. The second kappa shape index (κ2) is 6.92. The first-order valence-electron chi connectivity index (χ1n) is 12.7. The normalized spacial score (nSPS) is 14.2. The molecule has 2 heteroatoms. The Bertz CT molecular complexity index is 2130. The van der Waals surface area contributed by atoms with Crippen molar-refractivity contribution in [3.63, 3.8) is 0 Å². The molecule has 0 heterocycles. The van der Waals surface area contributed by atoms with Crippen molar-refractivity contribution in [2.75, 3.05) is 0 Å². The predicted octanol–water partition coefficient (Wildman–Crippen LogP) is 10.0. The van der Waals surface area contributed by atoms with Crippen LogP contribution in [0, 0.1) is 11.6 Å². The second-order valence-electron chi connectivity index (χ2n) is 10.8. The molecule has 1 aliphatic carbocycles. The smallest absolute Gasteiger partial charge is 0.159 e. The molecule has 7 aromatic rings. The fraction of sp³-hybridized carbons (Fsp3) is 0.0857. The monoisotopic (exact) mass is 480 g/mol. The Hall–Kier alpha value is -4.30. The van der Waals surface area contributed by atoms with Crippen molar-refractivity contribution in [1.29, 1.82) is 0 Å². The van der Waals surface area contributed by atoms with Gasteiger partial charge in [-0.15, -0.1) is 0 Å². The zero-order valence-corrected chi connectivity index (χ0v) is 20.5. The summed E-state index contributed by atoms with van der Waals surface area (Å²) in [6.45, 7) is 4.55. The number of rotatable bonds is 0. The minimum atomic E-state index is -0.821. The summed E-state index contributed by atoms with van der Waals surface area (Å²) in [4.78, 5) is 0. The van der Waals surface area contributed by atoms with Gasteiger partial charge in [0.25, 0.3) is 0 Å². The van der Waals surface area contributed by atoms with Crippen LogP contribution >= 0.6 is 0 Å². The summed E-state index contributed by atoms with van der Waals surface area (Å²) in [6, 6.07) is 32.6. The van der Waals surface area contributed by atoms with Gasteiger partial charge in [0.05, 0.1) is 0 Å². The molecule has 0 fully saturated rings. The summed E-state index contributed by atoms with van der Waals surface area (Å²) in [6.07, 6.45) is 0. The Morgan fingerprint density at radius 1 is 0.432 bits per heavy atom. The van der Waals surface area contributed by atoms with E-state index in [0.29, 0.717) is 0 Å². The van der Waals surface area contributed by atoms with Crippen molar-refractivity contribution in [3.8, 4) is 11.1 Å². The van der Waals surface area contributed by atoms with Crippen LogP contribution in [-0.2, 0) is 5.41 Å². The molecule has 0 aromatic heterocycles. The molecule has 0 nitrogen and oxygen atoms in total. The molecule has 0 N–H and O–H groups in total. The van der Waals surface area contributed by atoms with E-state index in [1.165, 1.54) is 34.4 Å². The van der Waals surface area contributed by atoms with E-state index in [1.807, 2.05) is 12.1 Å². The van der Waals surface area contributed by atoms with Crippen LogP contribution in [0.3, 0.4) is 0 Å². The van der Waals surface area contributed by atoms with Gasteiger partial charge in [0.1, 0.15) is 0 Å². The lowest BCUT2D eigenvalue weighted by Gasteiger charge is -2.23. The van der Waals surface area contributed by atoms with Crippen molar-refractivity contribution < 1.29 is 8.78 Å². The molecule has 0 saturated carbocycles. The van der Waals surface area contributed by atoms with Crippen molar-refractivity contribution in [2.45, 2.75) is 19.3 Å². The van der Waals surface area contributed by atoms with E-state index in [9.17, 15) is 8.78 Å². The van der Waals surface area contributed by atoms with Gasteiger partial charge in [-0.2, -0.15) is 0 Å². The highest BCUT2D eigenvalue weighted by atomic mass is 19.2. The zero-order valence-electron chi connectivity index (χ0n) is 20.5. The Morgan fingerprint density at radius 3 is 1.57 bits per heavy atom. The summed E-state index contributed by atoms with van der Waals surface area (Å²) in [5.74, 6) is -1.64. The molecule has 0 saturated heterocycles. The second-order valence-corrected chi connectivity index (χ2v) is 10.8. The van der Waals surface area contributed by atoms with Gasteiger partial charge >= 0.3 is 0 Å². The summed E-state index contributed by atoms with van der Waals surface area (Å²) < 4.78 is 29.6. The highest BCUT2D eigenvalue weighted by Crippen LogP contribution is 2.52. The Balaban J connectivity index is 1.73. The maximum atomic E-state index is 14.8. The first-order valence-corrected chi connectivity index (χ1v) is 12.7. The molecule has 0 amide bonds. The van der Waals surface area contributed by atoms with Gasteiger partial charge in [0, 0.05) is 5.41 Å². The van der Waals surface area contributed by atoms with Gasteiger partial charge in [-0.25, -0.2) is 8.78 Å². The minimum absolute atomic E-state index is 0.165. The highest BCUT2D eigenvalue weighted by Gasteiger charge is 2.36. The largest absolute Gasteiger partial charge is 0.204 e. The molecule has 0 radical (unpaired) electrons. The summed E-state index contributed by atoms with van der Waals surface area (Å²) in [5, 5.41) is 10.0. The van der Waals surface area contributed by atoms with Crippen LogP contribution in [0.4, 0.5) is 8.78 Å². The molecule has 1 aliphatic rings. The number of fused-ring (bicyclic) bond motifs is 14. The molecule has 0 unspecified atom stereocenters. The fourth-order valence-corrected chi connectivity index (χ4v) is 6.85. The molecular weight excluding hydrogens is 458 g/mol. The lowest BCUT2D eigenvalue weighted by Crippen LogP contribution is -2.14. The van der Waals surface area contributed by atoms with E-state index in [2.05, 4.69) is 86.6 Å². The molecule has 0 aliphatic heterocycles. The Labute approximate surface area is 212 Å². The standard InChI is InChI=1S/C35H22F2/c1-35(2)29-14-8-7-11-21(29)26-15-24-25-17-31(36)32(37)18-28(25)34-23-13-6-4-10-20(23)19-9-3-5-12-22(19)33(34)27(24)16-30(26)35/h3-18H,1-2H3. The van der Waals surface area contributed by atoms with Gasteiger partial charge in [-0.05, 0) is 100 Å². The highest BCUT2D eigenvalue weighted by molar-refractivity contribution is 6.39. The van der Waals surface area contributed by atoms with E-state index in [-0.39, 0.29) is 5.41 Å². The number of benzene rings is 7. The van der Waals surface area contributed by atoms with E-state index in [0.717, 1.165) is 53.9 Å². The average molecular weight is 481 g/mol. The van der Waals surface area contributed by atoms with Gasteiger partial charge in [0.15, 0.2) is 11.6 Å². The number of halogens is 2. The number of hydrogen-bond acceptors (Lipinski definition) is 0. The van der Waals surface area contributed by atoms with E-state index < -0.39 is 11.6 Å². The molecule has 0 atom stereocenters. The van der Waals surface area contributed by atoms with Crippen LogP contribution in [0.15, 0.2) is 97.1 Å². The summed E-state index contributed by atoms with van der Waals surface area (Å²) >= 11 is 0. The molecule has 0 bridgehead atoms. The van der Waals surface area contributed by atoms with Crippen molar-refractivity contribution in [2.24, 2.45) is 0 Å². The van der Waals surface area contributed by atoms with Crippen LogP contribution in [-0.4, -0.2) is 0 Å². The lowest BCUT2D eigenvalue weighted by atomic mass is 9.80. The molecule has 176 valence electrons. The van der Waals surface area contributed by atoms with Crippen LogP contribution < -0.4 is 0 Å². The Kier molecular flexibility index (Phi) is 3.90. The van der Waals surface area contributed by atoms with Gasteiger partial charge in [-0.1, -0.05) is 86.6 Å². The molecule has 8 rings (SSSR count). The summed E-state index contributed by atoms with van der Waals surface area (Å²) in [5.41, 5.74) is 4.78. The first-order chi connectivity index (χ1) is 17.9. The molecular formula is C35H22F2. The van der Waals surface area contributed by atoms with Crippen LogP contribution in [0.5, 0.6) is 0 Å². The maximum absolute atomic E-state index is 14.8. The molecule has 37 heavy (non-hydrogen) atoms. The molecule has 0 spiro atoms. The van der Waals surface area contributed by atoms with Gasteiger partial charge in [-0.3, -0.25) is 0 Å². The van der Waals surface area contributed by atoms with Crippen molar-refractivity contribution >= 4 is 53.9 Å². The van der Waals surface area contributed by atoms with Gasteiger partial charge in [0.2, 0.25) is 0 Å². The quantitative estimate of drug-likeness (QED) is 0.189. The third-order valence-corrected chi connectivity index (χ3v) is 8.54. The third-order valence-electron chi connectivity index (χ3n) is 8.54. The van der Waals surface area contributed by atoms with Crippen LogP contribution in [0.25, 0.3) is 65.0 Å². The SMILES string of the molecule is CC1(C)c2ccccc2-c2cc3c4cc(F)c(F)cc4c4c5ccccc5c5ccccc5c4c3cc21. The third kappa shape index (κ3) is 2.55. The van der Waals surface area contributed by atoms with Crippen LogP contribution in [0.2, 0.25) is 0 Å². The van der Waals surface area contributed by atoms with Crippen molar-refractivity contribution in [1.82, 2.24) is 0 Å². The zero-order chi connectivity index (χ0) is 25.1. The first kappa shape index (κ1) is 20.8. The topological polar surface area (TPSA) is 0 Å². The van der Waals surface area contributed by atoms with Gasteiger partial charge < -0.3 is 0 Å².